The zero-order chi connectivity index (χ0) is 11.4. The Morgan fingerprint density at radius 2 is 1.75 bits per heavy atom. The Balaban J connectivity index is 2.20. The number of aliphatic hydroxyl groups is 1. The van der Waals surface area contributed by atoms with E-state index in [0.29, 0.717) is 5.69 Å². The van der Waals surface area contributed by atoms with Crippen molar-refractivity contribution >= 4 is 17.4 Å². The second-order valence-corrected chi connectivity index (χ2v) is 4.58. The summed E-state index contributed by atoms with van der Waals surface area (Å²) in [5, 5.41) is 9.01. The number of nitrogens with two attached hydrogens (primary N) is 1. The van der Waals surface area contributed by atoms with Crippen LogP contribution in [0, 0.1) is 0 Å². The molecule has 2 rings (SSSR count). The van der Waals surface area contributed by atoms with Gasteiger partial charge in [-0.15, -0.1) is 0 Å². The number of hydrogen-bond donors (Lipinski definition) is 2. The first kappa shape index (κ1) is 11.0. The number of nitrogen functional groups attached to an aromatic ring is 1. The van der Waals surface area contributed by atoms with Crippen molar-refractivity contribution in [2.75, 3.05) is 5.73 Å². The van der Waals surface area contributed by atoms with E-state index in [1.54, 1.807) is 11.8 Å². The minimum atomic E-state index is -0.0118. The van der Waals surface area contributed by atoms with E-state index in [9.17, 15) is 0 Å². The first-order valence-corrected chi connectivity index (χ1v) is 5.83. The highest BCUT2D eigenvalue weighted by Gasteiger charge is 2.01. The smallest absolute Gasteiger partial charge is 0.0701 e. The Morgan fingerprint density at radius 3 is 2.38 bits per heavy atom. The number of benzene rings is 2. The van der Waals surface area contributed by atoms with E-state index in [0.717, 1.165) is 10.5 Å². The van der Waals surface area contributed by atoms with Crippen LogP contribution in [0.3, 0.4) is 0 Å². The van der Waals surface area contributed by atoms with Crippen molar-refractivity contribution in [3.8, 4) is 0 Å². The molecule has 0 aliphatic heterocycles. The Kier molecular flexibility index (Phi) is 3.49. The van der Waals surface area contributed by atoms with E-state index in [1.807, 2.05) is 36.4 Å². The van der Waals surface area contributed by atoms with Crippen LogP contribution in [-0.2, 0) is 6.61 Å². The van der Waals surface area contributed by atoms with Gasteiger partial charge in [0.15, 0.2) is 0 Å². The molecule has 82 valence electrons. The predicted octanol–water partition coefficient (Wildman–Crippen LogP) is 2.91. The van der Waals surface area contributed by atoms with Crippen molar-refractivity contribution in [1.29, 1.82) is 0 Å². The molecule has 3 N–H and O–H groups in total. The minimum Gasteiger partial charge on any atom is -0.398 e. The first-order chi connectivity index (χ1) is 7.79. The zero-order valence-corrected chi connectivity index (χ0v) is 9.58. The van der Waals surface area contributed by atoms with Gasteiger partial charge >= 0.3 is 0 Å². The summed E-state index contributed by atoms with van der Waals surface area (Å²) >= 11 is 1.66. The summed E-state index contributed by atoms with van der Waals surface area (Å²) in [7, 11) is 0. The molecular formula is C13H13NOS. The number of hydrogen-bond acceptors (Lipinski definition) is 3. The molecule has 0 unspecified atom stereocenters. The van der Waals surface area contributed by atoms with E-state index < -0.39 is 0 Å². The normalized spacial score (nSPS) is 10.3. The molecule has 2 aromatic carbocycles. The van der Waals surface area contributed by atoms with E-state index in [-0.39, 0.29) is 6.61 Å². The van der Waals surface area contributed by atoms with Crippen LogP contribution in [0.1, 0.15) is 5.56 Å². The Hall–Kier alpha value is -1.45. The second-order valence-electron chi connectivity index (χ2n) is 3.43. The van der Waals surface area contributed by atoms with E-state index in [4.69, 9.17) is 10.8 Å². The van der Waals surface area contributed by atoms with Crippen LogP contribution < -0.4 is 5.73 Å². The van der Waals surface area contributed by atoms with Gasteiger partial charge in [0.05, 0.1) is 6.61 Å². The second kappa shape index (κ2) is 5.05. The van der Waals surface area contributed by atoms with E-state index >= 15 is 0 Å². The van der Waals surface area contributed by atoms with Crippen LogP contribution in [0.2, 0.25) is 0 Å². The molecule has 0 heterocycles. The van der Waals surface area contributed by atoms with Crippen LogP contribution in [0.5, 0.6) is 0 Å². The van der Waals surface area contributed by atoms with Crippen LogP contribution in [0.25, 0.3) is 0 Å². The van der Waals surface area contributed by atoms with Gasteiger partial charge in [0, 0.05) is 21.0 Å². The molecule has 0 radical (unpaired) electrons. The third kappa shape index (κ3) is 2.56. The third-order valence-corrected chi connectivity index (χ3v) is 3.26. The molecule has 0 amide bonds. The largest absolute Gasteiger partial charge is 0.398 e. The molecule has 0 saturated carbocycles. The quantitative estimate of drug-likeness (QED) is 0.798. The van der Waals surface area contributed by atoms with Gasteiger partial charge in [-0.05, 0) is 24.3 Å². The van der Waals surface area contributed by atoms with Crippen molar-refractivity contribution in [2.24, 2.45) is 0 Å². The van der Waals surface area contributed by atoms with Gasteiger partial charge in [-0.3, -0.25) is 0 Å². The first-order valence-electron chi connectivity index (χ1n) is 5.02. The molecule has 2 aromatic rings. The van der Waals surface area contributed by atoms with Gasteiger partial charge in [-0.25, -0.2) is 0 Å². The molecule has 0 fully saturated rings. The number of rotatable bonds is 3. The summed E-state index contributed by atoms with van der Waals surface area (Å²) in [5.41, 5.74) is 7.23. The summed E-state index contributed by atoms with van der Waals surface area (Å²) in [6.45, 7) is -0.0118. The molecule has 0 saturated heterocycles. The fourth-order valence-electron chi connectivity index (χ4n) is 1.41. The van der Waals surface area contributed by atoms with Crippen LogP contribution in [0.15, 0.2) is 58.3 Å². The Labute approximate surface area is 99.1 Å². The van der Waals surface area contributed by atoms with Crippen molar-refractivity contribution in [2.45, 2.75) is 16.4 Å². The molecule has 0 bridgehead atoms. The SMILES string of the molecule is Nc1cc(Sc2ccccc2)ccc1CO. The van der Waals surface area contributed by atoms with Gasteiger partial charge in [0.2, 0.25) is 0 Å². The van der Waals surface area contributed by atoms with Crippen molar-refractivity contribution in [3.05, 3.63) is 54.1 Å². The monoisotopic (exact) mass is 231 g/mol. The lowest BCUT2D eigenvalue weighted by molar-refractivity contribution is 0.282. The Morgan fingerprint density at radius 1 is 1.00 bits per heavy atom. The average molecular weight is 231 g/mol. The summed E-state index contributed by atoms with van der Waals surface area (Å²) in [6.07, 6.45) is 0. The van der Waals surface area contributed by atoms with Crippen LogP contribution in [-0.4, -0.2) is 5.11 Å². The van der Waals surface area contributed by atoms with Gasteiger partial charge in [0.25, 0.3) is 0 Å². The van der Waals surface area contributed by atoms with E-state index in [2.05, 4.69) is 12.1 Å². The fraction of sp³-hybridized carbons (Fsp3) is 0.0769. The van der Waals surface area contributed by atoms with Gasteiger partial charge in [0.1, 0.15) is 0 Å². The molecule has 0 aromatic heterocycles. The maximum atomic E-state index is 9.01. The average Bonchev–Trinajstić information content (AvgIpc) is 2.31. The van der Waals surface area contributed by atoms with Crippen molar-refractivity contribution in [3.63, 3.8) is 0 Å². The highest BCUT2D eigenvalue weighted by Crippen LogP contribution is 2.29. The summed E-state index contributed by atoms with van der Waals surface area (Å²) in [6, 6.07) is 15.8. The highest BCUT2D eigenvalue weighted by atomic mass is 32.2. The summed E-state index contributed by atoms with van der Waals surface area (Å²) in [5.74, 6) is 0. The fourth-order valence-corrected chi connectivity index (χ4v) is 2.29. The highest BCUT2D eigenvalue weighted by molar-refractivity contribution is 7.99. The number of anilines is 1. The van der Waals surface area contributed by atoms with Crippen molar-refractivity contribution < 1.29 is 5.11 Å². The summed E-state index contributed by atoms with van der Waals surface area (Å²) in [4.78, 5) is 2.26. The molecule has 0 atom stereocenters. The molecule has 0 aliphatic rings. The molecule has 16 heavy (non-hydrogen) atoms. The third-order valence-electron chi connectivity index (χ3n) is 2.27. The maximum absolute atomic E-state index is 9.01. The Bertz CT molecular complexity index is 471. The molecule has 0 aliphatic carbocycles. The maximum Gasteiger partial charge on any atom is 0.0701 e. The summed E-state index contributed by atoms with van der Waals surface area (Å²) < 4.78 is 0. The lowest BCUT2D eigenvalue weighted by atomic mass is 10.2. The van der Waals surface area contributed by atoms with Crippen LogP contribution >= 0.6 is 11.8 Å². The lowest BCUT2D eigenvalue weighted by Crippen LogP contribution is -1.93. The zero-order valence-electron chi connectivity index (χ0n) is 8.76. The number of aliphatic hydroxyl groups excluding tert-OH is 1. The van der Waals surface area contributed by atoms with Gasteiger partial charge in [-0.1, -0.05) is 36.0 Å². The minimum absolute atomic E-state index is 0.0118. The van der Waals surface area contributed by atoms with E-state index in [1.165, 1.54) is 4.90 Å². The van der Waals surface area contributed by atoms with Gasteiger partial charge in [-0.2, -0.15) is 0 Å². The molecular weight excluding hydrogens is 218 g/mol. The predicted molar refractivity (Wildman–Crippen MR) is 67.3 cm³/mol. The van der Waals surface area contributed by atoms with Gasteiger partial charge < -0.3 is 10.8 Å². The lowest BCUT2D eigenvalue weighted by Gasteiger charge is -2.05. The molecule has 0 spiro atoms. The standard InChI is InChI=1S/C13H13NOS/c14-13-8-12(7-6-10(13)9-15)16-11-4-2-1-3-5-11/h1-8,15H,9,14H2. The molecule has 3 heteroatoms. The van der Waals surface area contributed by atoms with Crippen LogP contribution in [0.4, 0.5) is 5.69 Å². The topological polar surface area (TPSA) is 46.2 Å². The van der Waals surface area contributed by atoms with Crippen molar-refractivity contribution in [1.82, 2.24) is 0 Å². The molecule has 2 nitrogen and oxygen atoms in total.